The van der Waals surface area contributed by atoms with E-state index in [0.717, 1.165) is 5.56 Å². The summed E-state index contributed by atoms with van der Waals surface area (Å²) in [5.41, 5.74) is 7.57. The van der Waals surface area contributed by atoms with Crippen LogP contribution in [0.15, 0.2) is 42.7 Å². The van der Waals surface area contributed by atoms with Crippen LogP contribution in [0.4, 0.5) is 26.0 Å². The molecule has 6 nitrogen and oxygen atoms in total. The molecule has 0 fully saturated rings. The molecule has 8 heteroatoms. The Balaban J connectivity index is 1.95. The number of halogens is 2. The number of carbonyl (C=O) groups is 1. The lowest BCUT2D eigenvalue weighted by Crippen LogP contribution is -2.09. The Bertz CT molecular complexity index is 1040. The molecule has 144 valence electrons. The summed E-state index contributed by atoms with van der Waals surface area (Å²) in [5.74, 6) is -1.94. The Labute approximate surface area is 160 Å². The molecule has 0 saturated carbocycles. The van der Waals surface area contributed by atoms with Crippen LogP contribution in [-0.4, -0.2) is 23.0 Å². The first-order valence-corrected chi connectivity index (χ1v) is 8.38. The van der Waals surface area contributed by atoms with E-state index >= 15 is 0 Å². The van der Waals surface area contributed by atoms with E-state index in [1.165, 1.54) is 37.7 Å². The van der Waals surface area contributed by atoms with Crippen molar-refractivity contribution in [3.8, 4) is 0 Å². The standard InChI is InChI=1S/C20H18F2N4O2/c1-11-3-4-16(15(21)7-11)26-17-10-25-13(9-14(17)20(27)28-2)8-12-5-6-24-19(23)18(12)22/h3-7,9-10,26H,8H2,1-2H3,(H2,23,24). The molecule has 2 heterocycles. The molecule has 0 radical (unpaired) electrons. The fourth-order valence-electron chi connectivity index (χ4n) is 2.67. The number of nitrogens with one attached hydrogen (secondary N) is 1. The van der Waals surface area contributed by atoms with Crippen molar-refractivity contribution in [1.82, 2.24) is 9.97 Å². The molecule has 0 amide bonds. The number of anilines is 3. The van der Waals surface area contributed by atoms with Crippen LogP contribution >= 0.6 is 0 Å². The summed E-state index contributed by atoms with van der Waals surface area (Å²) in [6, 6.07) is 7.63. The topological polar surface area (TPSA) is 90.1 Å². The number of aromatic nitrogens is 2. The van der Waals surface area contributed by atoms with Gasteiger partial charge in [0, 0.05) is 18.3 Å². The van der Waals surface area contributed by atoms with E-state index < -0.39 is 17.6 Å². The smallest absolute Gasteiger partial charge is 0.340 e. The summed E-state index contributed by atoms with van der Waals surface area (Å²) in [4.78, 5) is 20.1. The minimum atomic E-state index is -0.632. The van der Waals surface area contributed by atoms with Crippen molar-refractivity contribution in [2.75, 3.05) is 18.2 Å². The molecule has 0 aliphatic heterocycles. The highest BCUT2D eigenvalue weighted by atomic mass is 19.1. The first-order valence-electron chi connectivity index (χ1n) is 8.38. The molecule has 3 N–H and O–H groups in total. The molecule has 0 unspecified atom stereocenters. The molecule has 0 aliphatic carbocycles. The van der Waals surface area contributed by atoms with E-state index in [2.05, 4.69) is 15.3 Å². The van der Waals surface area contributed by atoms with Crippen LogP contribution in [-0.2, 0) is 11.2 Å². The van der Waals surface area contributed by atoms with Crippen molar-refractivity contribution in [3.63, 3.8) is 0 Å². The first-order chi connectivity index (χ1) is 13.4. The maximum Gasteiger partial charge on any atom is 0.340 e. The van der Waals surface area contributed by atoms with Crippen molar-refractivity contribution < 1.29 is 18.3 Å². The Morgan fingerprint density at radius 3 is 2.68 bits per heavy atom. The number of carbonyl (C=O) groups excluding carboxylic acids is 1. The molecule has 0 bridgehead atoms. The highest BCUT2D eigenvalue weighted by molar-refractivity contribution is 5.96. The van der Waals surface area contributed by atoms with Crippen molar-refractivity contribution in [1.29, 1.82) is 0 Å². The third-order valence-electron chi connectivity index (χ3n) is 4.13. The molecule has 0 spiro atoms. The van der Waals surface area contributed by atoms with Crippen LogP contribution in [0, 0.1) is 18.6 Å². The molecule has 1 aromatic carbocycles. The maximum atomic E-state index is 14.1. The second-order valence-electron chi connectivity index (χ2n) is 6.17. The zero-order valence-electron chi connectivity index (χ0n) is 15.3. The average Bonchev–Trinajstić information content (AvgIpc) is 2.68. The number of ether oxygens (including phenoxy) is 1. The summed E-state index contributed by atoms with van der Waals surface area (Å²) in [7, 11) is 1.24. The van der Waals surface area contributed by atoms with E-state index in [4.69, 9.17) is 10.5 Å². The Kier molecular flexibility index (Phi) is 5.49. The number of hydrogen-bond acceptors (Lipinski definition) is 6. The van der Waals surface area contributed by atoms with E-state index in [-0.39, 0.29) is 29.2 Å². The van der Waals surface area contributed by atoms with Crippen LogP contribution < -0.4 is 11.1 Å². The second-order valence-corrected chi connectivity index (χ2v) is 6.17. The number of aryl methyl sites for hydroxylation is 1. The molecule has 3 aromatic rings. The minimum absolute atomic E-state index is 0.0989. The summed E-state index contributed by atoms with van der Waals surface area (Å²) in [6.07, 6.45) is 2.87. The Morgan fingerprint density at radius 1 is 1.18 bits per heavy atom. The summed E-state index contributed by atoms with van der Waals surface area (Å²) in [5, 5.41) is 2.85. The SMILES string of the molecule is COC(=O)c1cc(Cc2ccnc(N)c2F)ncc1Nc1ccc(C)cc1F. The quantitative estimate of drug-likeness (QED) is 0.651. The lowest BCUT2D eigenvalue weighted by molar-refractivity contribution is 0.0601. The lowest BCUT2D eigenvalue weighted by atomic mass is 10.1. The maximum absolute atomic E-state index is 14.1. The van der Waals surface area contributed by atoms with Gasteiger partial charge < -0.3 is 15.8 Å². The van der Waals surface area contributed by atoms with Crippen molar-refractivity contribution in [2.45, 2.75) is 13.3 Å². The third kappa shape index (κ3) is 4.06. The largest absolute Gasteiger partial charge is 0.465 e. The van der Waals surface area contributed by atoms with Crippen LogP contribution in [0.1, 0.15) is 27.2 Å². The third-order valence-corrected chi connectivity index (χ3v) is 4.13. The van der Waals surface area contributed by atoms with Gasteiger partial charge in [-0.15, -0.1) is 0 Å². The number of esters is 1. The van der Waals surface area contributed by atoms with Crippen LogP contribution in [0.5, 0.6) is 0 Å². The fraction of sp³-hybridized carbons (Fsp3) is 0.150. The predicted octanol–water partition coefficient (Wildman–Crippen LogP) is 3.77. The van der Waals surface area contributed by atoms with Gasteiger partial charge in [-0.3, -0.25) is 4.98 Å². The van der Waals surface area contributed by atoms with Crippen molar-refractivity contribution in [3.05, 3.63) is 76.7 Å². The number of nitrogens with two attached hydrogens (primary N) is 1. The van der Waals surface area contributed by atoms with Gasteiger partial charge in [-0.25, -0.2) is 18.6 Å². The predicted molar refractivity (Wildman–Crippen MR) is 101 cm³/mol. The van der Waals surface area contributed by atoms with Crippen molar-refractivity contribution >= 4 is 23.2 Å². The minimum Gasteiger partial charge on any atom is -0.465 e. The molecule has 2 aromatic heterocycles. The van der Waals surface area contributed by atoms with Gasteiger partial charge >= 0.3 is 5.97 Å². The number of benzene rings is 1. The summed E-state index contributed by atoms with van der Waals surface area (Å²) < 4.78 is 33.0. The molecular formula is C20H18F2N4O2. The zero-order chi connectivity index (χ0) is 20.3. The Hall–Kier alpha value is -3.55. The van der Waals surface area contributed by atoms with Gasteiger partial charge in [-0.2, -0.15) is 0 Å². The van der Waals surface area contributed by atoms with Crippen LogP contribution in [0.3, 0.4) is 0 Å². The summed E-state index contributed by atoms with van der Waals surface area (Å²) >= 11 is 0. The lowest BCUT2D eigenvalue weighted by Gasteiger charge is -2.13. The molecular weight excluding hydrogens is 366 g/mol. The van der Waals surface area contributed by atoms with Crippen LogP contribution in [0.2, 0.25) is 0 Å². The van der Waals surface area contributed by atoms with Crippen LogP contribution in [0.25, 0.3) is 0 Å². The van der Waals surface area contributed by atoms with E-state index in [1.54, 1.807) is 19.1 Å². The molecule has 28 heavy (non-hydrogen) atoms. The van der Waals surface area contributed by atoms with Gasteiger partial charge in [0.25, 0.3) is 0 Å². The number of methoxy groups -OCH3 is 1. The number of nitrogens with zero attached hydrogens (tertiary/aromatic N) is 2. The van der Waals surface area contributed by atoms with Gasteiger partial charge in [0.2, 0.25) is 0 Å². The number of hydrogen-bond donors (Lipinski definition) is 2. The first kappa shape index (κ1) is 19.2. The second kappa shape index (κ2) is 7.99. The molecule has 3 rings (SSSR count). The average molecular weight is 384 g/mol. The summed E-state index contributed by atoms with van der Waals surface area (Å²) in [6.45, 7) is 1.77. The number of pyridine rings is 2. The van der Waals surface area contributed by atoms with E-state index in [9.17, 15) is 13.6 Å². The highest BCUT2D eigenvalue weighted by Crippen LogP contribution is 2.25. The van der Waals surface area contributed by atoms with Gasteiger partial charge in [-0.1, -0.05) is 6.07 Å². The van der Waals surface area contributed by atoms with Gasteiger partial charge in [0.15, 0.2) is 11.6 Å². The molecule has 0 atom stereocenters. The molecule has 0 aliphatic rings. The molecule has 0 saturated heterocycles. The fourth-order valence-corrected chi connectivity index (χ4v) is 2.67. The van der Waals surface area contributed by atoms with Gasteiger partial charge in [0.1, 0.15) is 5.82 Å². The number of nitrogen functional groups attached to an aromatic ring is 1. The highest BCUT2D eigenvalue weighted by Gasteiger charge is 2.17. The van der Waals surface area contributed by atoms with Gasteiger partial charge in [0.05, 0.1) is 30.2 Å². The number of rotatable bonds is 5. The van der Waals surface area contributed by atoms with E-state index in [1.807, 2.05) is 0 Å². The zero-order valence-corrected chi connectivity index (χ0v) is 15.3. The normalized spacial score (nSPS) is 10.6. The van der Waals surface area contributed by atoms with Crippen molar-refractivity contribution in [2.24, 2.45) is 0 Å². The monoisotopic (exact) mass is 384 g/mol. The Morgan fingerprint density at radius 2 is 1.96 bits per heavy atom. The van der Waals surface area contributed by atoms with Gasteiger partial charge in [-0.05, 0) is 42.3 Å². The van der Waals surface area contributed by atoms with E-state index in [0.29, 0.717) is 11.3 Å².